The number of fused-ring (bicyclic) bond motifs is 1. The minimum Gasteiger partial charge on any atom is -0.350 e. The van der Waals surface area contributed by atoms with E-state index in [2.05, 4.69) is 13.8 Å². The summed E-state index contributed by atoms with van der Waals surface area (Å²) in [7, 11) is 0. The second-order valence-corrected chi connectivity index (χ2v) is 4.68. The van der Waals surface area contributed by atoms with Crippen LogP contribution in [0.25, 0.3) is 0 Å². The normalized spacial score (nSPS) is 51.0. The molecule has 0 amide bonds. The van der Waals surface area contributed by atoms with Crippen LogP contribution >= 0.6 is 0 Å². The fraction of sp³-hybridized carbons (Fsp3) is 1.00. The number of ether oxygens (including phenoxy) is 2. The Kier molecular flexibility index (Phi) is 1.74. The maximum absolute atomic E-state index is 5.83. The summed E-state index contributed by atoms with van der Waals surface area (Å²) in [6.07, 6.45) is 0.448. The van der Waals surface area contributed by atoms with Gasteiger partial charge in [-0.1, -0.05) is 13.8 Å². The van der Waals surface area contributed by atoms with Crippen molar-refractivity contribution in [2.45, 2.75) is 39.6 Å². The third kappa shape index (κ3) is 1.09. The van der Waals surface area contributed by atoms with Crippen LogP contribution < -0.4 is 0 Å². The molecule has 0 spiro atoms. The molecule has 1 saturated heterocycles. The van der Waals surface area contributed by atoms with Crippen molar-refractivity contribution in [3.63, 3.8) is 0 Å². The van der Waals surface area contributed by atoms with Gasteiger partial charge in [0.15, 0.2) is 5.79 Å². The standard InChI is InChI=1S/C10H18O2/c1-6-7(2)9-8(6)5-11-10(3,4)12-9/h6-9H,5H2,1-4H3. The summed E-state index contributed by atoms with van der Waals surface area (Å²) < 4.78 is 11.4. The van der Waals surface area contributed by atoms with Gasteiger partial charge in [-0.05, 0) is 25.7 Å². The van der Waals surface area contributed by atoms with Gasteiger partial charge >= 0.3 is 0 Å². The van der Waals surface area contributed by atoms with Crippen LogP contribution in [0.4, 0.5) is 0 Å². The van der Waals surface area contributed by atoms with E-state index in [4.69, 9.17) is 9.47 Å². The molecule has 0 bridgehead atoms. The summed E-state index contributed by atoms with van der Waals surface area (Å²) in [5, 5.41) is 0. The molecule has 1 saturated carbocycles. The summed E-state index contributed by atoms with van der Waals surface area (Å²) in [6.45, 7) is 9.44. The van der Waals surface area contributed by atoms with Crippen molar-refractivity contribution in [1.82, 2.24) is 0 Å². The van der Waals surface area contributed by atoms with Crippen molar-refractivity contribution in [3.05, 3.63) is 0 Å². The fourth-order valence-corrected chi connectivity index (χ4v) is 2.33. The van der Waals surface area contributed by atoms with E-state index in [1.807, 2.05) is 13.8 Å². The summed E-state index contributed by atoms with van der Waals surface area (Å²) in [5.41, 5.74) is 0. The maximum atomic E-state index is 5.83. The Labute approximate surface area is 74.2 Å². The van der Waals surface area contributed by atoms with Gasteiger partial charge in [0.1, 0.15) is 0 Å². The molecule has 4 atom stereocenters. The van der Waals surface area contributed by atoms with E-state index in [0.29, 0.717) is 17.9 Å². The third-order valence-corrected chi connectivity index (χ3v) is 3.49. The molecular formula is C10H18O2. The van der Waals surface area contributed by atoms with Gasteiger partial charge in [-0.2, -0.15) is 0 Å². The first-order valence-electron chi connectivity index (χ1n) is 4.83. The molecule has 1 heterocycles. The van der Waals surface area contributed by atoms with Crippen molar-refractivity contribution in [3.8, 4) is 0 Å². The van der Waals surface area contributed by atoms with Crippen LogP contribution in [0.5, 0.6) is 0 Å². The number of hydrogen-bond donors (Lipinski definition) is 0. The number of rotatable bonds is 0. The molecule has 12 heavy (non-hydrogen) atoms. The highest BCUT2D eigenvalue weighted by molar-refractivity contribution is 4.96. The van der Waals surface area contributed by atoms with Crippen molar-refractivity contribution in [2.75, 3.05) is 6.61 Å². The van der Waals surface area contributed by atoms with Gasteiger partial charge in [0.2, 0.25) is 0 Å². The Morgan fingerprint density at radius 3 is 2.50 bits per heavy atom. The Hall–Kier alpha value is -0.0800. The molecule has 0 radical (unpaired) electrons. The average Bonchev–Trinajstić information content (AvgIpc) is 2.02. The first-order valence-corrected chi connectivity index (χ1v) is 4.83. The zero-order chi connectivity index (χ0) is 8.93. The van der Waals surface area contributed by atoms with Gasteiger partial charge in [-0.25, -0.2) is 0 Å². The van der Waals surface area contributed by atoms with E-state index in [9.17, 15) is 0 Å². The van der Waals surface area contributed by atoms with E-state index in [1.165, 1.54) is 0 Å². The first kappa shape index (κ1) is 8.52. The lowest BCUT2D eigenvalue weighted by Crippen LogP contribution is -2.59. The molecule has 2 fully saturated rings. The average molecular weight is 170 g/mol. The summed E-state index contributed by atoms with van der Waals surface area (Å²) in [6, 6.07) is 0. The topological polar surface area (TPSA) is 18.5 Å². The van der Waals surface area contributed by atoms with Crippen LogP contribution in [0.1, 0.15) is 27.7 Å². The molecule has 2 nitrogen and oxygen atoms in total. The second kappa shape index (κ2) is 2.46. The molecule has 2 rings (SSSR count). The van der Waals surface area contributed by atoms with Crippen LogP contribution in [0.2, 0.25) is 0 Å². The van der Waals surface area contributed by atoms with E-state index < -0.39 is 0 Å². The van der Waals surface area contributed by atoms with Crippen molar-refractivity contribution in [1.29, 1.82) is 0 Å². The monoisotopic (exact) mass is 170 g/mol. The largest absolute Gasteiger partial charge is 0.350 e. The van der Waals surface area contributed by atoms with Crippen molar-refractivity contribution >= 4 is 0 Å². The highest BCUT2D eigenvalue weighted by atomic mass is 16.7. The Bertz CT molecular complexity index is 188. The summed E-state index contributed by atoms with van der Waals surface area (Å²) >= 11 is 0. The summed E-state index contributed by atoms with van der Waals surface area (Å²) in [4.78, 5) is 0. The Morgan fingerprint density at radius 2 is 1.83 bits per heavy atom. The lowest BCUT2D eigenvalue weighted by atomic mass is 9.64. The Balaban J connectivity index is 2.03. The molecule has 1 aliphatic carbocycles. The number of hydrogen-bond acceptors (Lipinski definition) is 2. The quantitative estimate of drug-likeness (QED) is 0.554. The van der Waals surface area contributed by atoms with Crippen LogP contribution in [0.15, 0.2) is 0 Å². The van der Waals surface area contributed by atoms with Gasteiger partial charge in [-0.3, -0.25) is 0 Å². The fourth-order valence-electron chi connectivity index (χ4n) is 2.33. The molecule has 2 heteroatoms. The minimum atomic E-state index is -0.352. The third-order valence-electron chi connectivity index (χ3n) is 3.49. The van der Waals surface area contributed by atoms with E-state index in [0.717, 1.165) is 12.5 Å². The highest BCUT2D eigenvalue weighted by Gasteiger charge is 2.51. The predicted molar refractivity (Wildman–Crippen MR) is 46.7 cm³/mol. The van der Waals surface area contributed by atoms with Crippen molar-refractivity contribution < 1.29 is 9.47 Å². The van der Waals surface area contributed by atoms with E-state index in [1.54, 1.807) is 0 Å². The zero-order valence-corrected chi connectivity index (χ0v) is 8.33. The molecule has 0 aromatic heterocycles. The minimum absolute atomic E-state index is 0.352. The SMILES string of the molecule is CC1C(C)C2OC(C)(C)OCC12. The van der Waals surface area contributed by atoms with Gasteiger partial charge in [0, 0.05) is 5.92 Å². The van der Waals surface area contributed by atoms with Gasteiger partial charge in [0.05, 0.1) is 12.7 Å². The van der Waals surface area contributed by atoms with E-state index >= 15 is 0 Å². The molecule has 0 aromatic carbocycles. The van der Waals surface area contributed by atoms with Crippen LogP contribution in [-0.4, -0.2) is 18.5 Å². The molecule has 0 aromatic rings. The zero-order valence-electron chi connectivity index (χ0n) is 8.33. The van der Waals surface area contributed by atoms with Gasteiger partial charge in [0.25, 0.3) is 0 Å². The second-order valence-electron chi connectivity index (χ2n) is 4.68. The molecular weight excluding hydrogens is 152 g/mol. The molecule has 1 aliphatic heterocycles. The predicted octanol–water partition coefficient (Wildman–Crippen LogP) is 2.04. The van der Waals surface area contributed by atoms with Crippen molar-refractivity contribution in [2.24, 2.45) is 17.8 Å². The van der Waals surface area contributed by atoms with E-state index in [-0.39, 0.29) is 5.79 Å². The molecule has 0 N–H and O–H groups in total. The van der Waals surface area contributed by atoms with Crippen LogP contribution in [0.3, 0.4) is 0 Å². The molecule has 2 aliphatic rings. The van der Waals surface area contributed by atoms with Crippen LogP contribution in [0, 0.1) is 17.8 Å². The first-order chi connectivity index (χ1) is 5.51. The maximum Gasteiger partial charge on any atom is 0.163 e. The summed E-state index contributed by atoms with van der Waals surface area (Å²) in [5.74, 6) is 1.77. The molecule has 4 unspecified atom stereocenters. The van der Waals surface area contributed by atoms with Gasteiger partial charge in [-0.15, -0.1) is 0 Å². The lowest BCUT2D eigenvalue weighted by molar-refractivity contribution is -0.342. The van der Waals surface area contributed by atoms with Gasteiger partial charge < -0.3 is 9.47 Å². The Morgan fingerprint density at radius 1 is 1.17 bits per heavy atom. The molecule has 70 valence electrons. The highest BCUT2D eigenvalue weighted by Crippen LogP contribution is 2.47. The van der Waals surface area contributed by atoms with Crippen LogP contribution in [-0.2, 0) is 9.47 Å². The smallest absolute Gasteiger partial charge is 0.163 e. The lowest BCUT2D eigenvalue weighted by Gasteiger charge is -2.55.